The van der Waals surface area contributed by atoms with Crippen molar-refractivity contribution in [3.63, 3.8) is 0 Å². The van der Waals surface area contributed by atoms with Gasteiger partial charge in [-0.1, -0.05) is 26.2 Å². The van der Waals surface area contributed by atoms with Crippen molar-refractivity contribution < 1.29 is 0 Å². The maximum absolute atomic E-state index is 9.01. The van der Waals surface area contributed by atoms with E-state index in [4.69, 9.17) is 5.26 Å². The number of hydrogen-bond donors (Lipinski definition) is 0. The molecule has 1 heterocycles. The molecule has 0 spiro atoms. The summed E-state index contributed by atoms with van der Waals surface area (Å²) in [4.78, 5) is 2.36. The first-order valence-electron chi connectivity index (χ1n) is 5.52. The predicted octanol–water partition coefficient (Wildman–Crippen LogP) is 2.55. The molecule has 0 bridgehead atoms. The summed E-state index contributed by atoms with van der Waals surface area (Å²) >= 11 is 0. The lowest BCUT2D eigenvalue weighted by molar-refractivity contribution is 0.186. The lowest BCUT2D eigenvalue weighted by atomic mass is 10.1. The van der Waals surface area contributed by atoms with Crippen molar-refractivity contribution in [3.8, 4) is 6.07 Å². The van der Waals surface area contributed by atoms with Crippen LogP contribution in [0.5, 0.6) is 0 Å². The third-order valence-electron chi connectivity index (χ3n) is 2.81. The molecule has 1 aliphatic heterocycles. The lowest BCUT2D eigenvalue weighted by Gasteiger charge is -2.30. The summed E-state index contributed by atoms with van der Waals surface area (Å²) in [6, 6.07) is 2.63. The van der Waals surface area contributed by atoms with Crippen LogP contribution in [0.3, 0.4) is 0 Å². The number of unbranched alkanes of at least 4 members (excludes halogenated alkanes) is 1. The van der Waals surface area contributed by atoms with Crippen LogP contribution in [-0.2, 0) is 0 Å². The number of rotatable bonds is 4. The van der Waals surface area contributed by atoms with Crippen LogP contribution >= 0.6 is 0 Å². The maximum atomic E-state index is 9.01. The zero-order valence-corrected chi connectivity index (χ0v) is 8.63. The number of likely N-dealkylation sites (tertiary alicyclic amines) is 1. The fourth-order valence-electron chi connectivity index (χ4n) is 1.96. The Morgan fingerprint density at radius 3 is 2.54 bits per heavy atom. The molecule has 1 rings (SSSR count). The molecule has 0 aliphatic carbocycles. The highest BCUT2D eigenvalue weighted by Crippen LogP contribution is 2.15. The van der Waals surface area contributed by atoms with Gasteiger partial charge in [-0.25, -0.2) is 0 Å². The topological polar surface area (TPSA) is 27.0 Å². The first kappa shape index (κ1) is 10.5. The number of nitriles is 1. The van der Waals surface area contributed by atoms with Crippen molar-refractivity contribution >= 4 is 0 Å². The van der Waals surface area contributed by atoms with E-state index in [1.807, 2.05) is 0 Å². The van der Waals surface area contributed by atoms with Gasteiger partial charge in [-0.15, -0.1) is 0 Å². The fraction of sp³-hybridized carbons (Fsp3) is 0.909. The first-order chi connectivity index (χ1) is 6.38. The molecule has 0 amide bonds. The van der Waals surface area contributed by atoms with Gasteiger partial charge in [0.1, 0.15) is 0 Å². The highest BCUT2D eigenvalue weighted by atomic mass is 15.2. The van der Waals surface area contributed by atoms with Crippen LogP contribution < -0.4 is 0 Å². The zero-order valence-electron chi connectivity index (χ0n) is 8.63. The third kappa shape index (κ3) is 3.36. The van der Waals surface area contributed by atoms with Crippen molar-refractivity contribution in [2.24, 2.45) is 0 Å². The molecule has 2 heteroatoms. The molecule has 13 heavy (non-hydrogen) atoms. The van der Waals surface area contributed by atoms with Crippen LogP contribution in [0.4, 0.5) is 0 Å². The van der Waals surface area contributed by atoms with Gasteiger partial charge in [0.05, 0.1) is 12.1 Å². The van der Waals surface area contributed by atoms with Crippen molar-refractivity contribution in [1.29, 1.82) is 5.26 Å². The van der Waals surface area contributed by atoms with E-state index < -0.39 is 0 Å². The number of hydrogen-bond acceptors (Lipinski definition) is 2. The lowest BCUT2D eigenvalue weighted by Crippen LogP contribution is -2.38. The summed E-state index contributed by atoms with van der Waals surface area (Å²) in [6.45, 7) is 4.47. The molecule has 1 unspecified atom stereocenters. The van der Waals surface area contributed by atoms with Crippen molar-refractivity contribution in [2.75, 3.05) is 13.1 Å². The van der Waals surface area contributed by atoms with Crippen LogP contribution in [0, 0.1) is 11.3 Å². The maximum Gasteiger partial charge on any atom is 0.0977 e. The van der Waals surface area contributed by atoms with E-state index >= 15 is 0 Å². The molecular weight excluding hydrogens is 160 g/mol. The van der Waals surface area contributed by atoms with Gasteiger partial charge in [0.25, 0.3) is 0 Å². The smallest absolute Gasteiger partial charge is 0.0977 e. The van der Waals surface area contributed by atoms with Gasteiger partial charge in [-0.3, -0.25) is 4.90 Å². The monoisotopic (exact) mass is 180 g/mol. The highest BCUT2D eigenvalue weighted by molar-refractivity contribution is 4.92. The Kier molecular flexibility index (Phi) is 4.85. The summed E-state index contributed by atoms with van der Waals surface area (Å²) in [7, 11) is 0. The SMILES string of the molecule is CCCCC(C#N)N1CCCCC1. The Morgan fingerprint density at radius 1 is 1.31 bits per heavy atom. The Hall–Kier alpha value is -0.550. The molecule has 2 nitrogen and oxygen atoms in total. The van der Waals surface area contributed by atoms with E-state index in [0.29, 0.717) is 0 Å². The Labute approximate surface area is 81.5 Å². The Balaban J connectivity index is 2.31. The largest absolute Gasteiger partial charge is 0.288 e. The van der Waals surface area contributed by atoms with Crippen LogP contribution in [0.1, 0.15) is 45.4 Å². The molecule has 0 N–H and O–H groups in total. The number of nitrogens with zero attached hydrogens (tertiary/aromatic N) is 2. The standard InChI is InChI=1S/C11H20N2/c1-2-3-7-11(10-12)13-8-5-4-6-9-13/h11H,2-9H2,1H3. The molecule has 0 saturated carbocycles. The molecule has 74 valence electrons. The van der Waals surface area contributed by atoms with Crippen molar-refractivity contribution in [3.05, 3.63) is 0 Å². The Bertz CT molecular complexity index is 165. The average molecular weight is 180 g/mol. The zero-order chi connectivity index (χ0) is 9.52. The molecule has 1 fully saturated rings. The summed E-state index contributed by atoms with van der Waals surface area (Å²) in [6.07, 6.45) is 7.37. The van der Waals surface area contributed by atoms with Crippen LogP contribution in [0.2, 0.25) is 0 Å². The van der Waals surface area contributed by atoms with Gasteiger partial charge in [-0.2, -0.15) is 5.26 Å². The molecule has 0 aromatic heterocycles. The van der Waals surface area contributed by atoms with E-state index in [-0.39, 0.29) is 6.04 Å². The summed E-state index contributed by atoms with van der Waals surface area (Å²) in [5.41, 5.74) is 0. The Morgan fingerprint density at radius 2 is 2.00 bits per heavy atom. The second-order valence-corrected chi connectivity index (χ2v) is 3.88. The van der Waals surface area contributed by atoms with E-state index in [1.165, 1.54) is 32.1 Å². The predicted molar refractivity (Wildman–Crippen MR) is 54.4 cm³/mol. The van der Waals surface area contributed by atoms with Gasteiger partial charge in [0.15, 0.2) is 0 Å². The summed E-state index contributed by atoms with van der Waals surface area (Å²) in [5.74, 6) is 0. The van der Waals surface area contributed by atoms with E-state index in [9.17, 15) is 0 Å². The van der Waals surface area contributed by atoms with Crippen LogP contribution in [-0.4, -0.2) is 24.0 Å². The molecule has 0 aromatic carbocycles. The molecule has 0 radical (unpaired) electrons. The third-order valence-corrected chi connectivity index (χ3v) is 2.81. The van der Waals surface area contributed by atoms with Gasteiger partial charge in [0, 0.05) is 0 Å². The van der Waals surface area contributed by atoms with Gasteiger partial charge < -0.3 is 0 Å². The minimum absolute atomic E-state index is 0.195. The van der Waals surface area contributed by atoms with Crippen LogP contribution in [0.15, 0.2) is 0 Å². The van der Waals surface area contributed by atoms with Crippen molar-refractivity contribution in [2.45, 2.75) is 51.5 Å². The summed E-state index contributed by atoms with van der Waals surface area (Å²) < 4.78 is 0. The molecular formula is C11H20N2. The fourth-order valence-corrected chi connectivity index (χ4v) is 1.96. The quantitative estimate of drug-likeness (QED) is 0.665. The first-order valence-corrected chi connectivity index (χ1v) is 5.52. The molecule has 1 aliphatic rings. The molecule has 1 saturated heterocycles. The van der Waals surface area contributed by atoms with E-state index in [2.05, 4.69) is 17.9 Å². The average Bonchev–Trinajstić information content (AvgIpc) is 2.21. The minimum Gasteiger partial charge on any atom is -0.288 e. The summed E-state index contributed by atoms with van der Waals surface area (Å²) in [5, 5.41) is 9.01. The number of piperidine rings is 1. The van der Waals surface area contributed by atoms with E-state index in [0.717, 1.165) is 19.5 Å². The van der Waals surface area contributed by atoms with Crippen molar-refractivity contribution in [1.82, 2.24) is 4.90 Å². The van der Waals surface area contributed by atoms with Gasteiger partial charge >= 0.3 is 0 Å². The minimum atomic E-state index is 0.195. The normalized spacial score (nSPS) is 20.9. The highest BCUT2D eigenvalue weighted by Gasteiger charge is 2.18. The molecule has 0 aromatic rings. The van der Waals surface area contributed by atoms with Crippen LogP contribution in [0.25, 0.3) is 0 Å². The second kappa shape index (κ2) is 5.99. The second-order valence-electron chi connectivity index (χ2n) is 3.88. The molecule has 1 atom stereocenters. The van der Waals surface area contributed by atoms with E-state index in [1.54, 1.807) is 0 Å². The van der Waals surface area contributed by atoms with Gasteiger partial charge in [-0.05, 0) is 32.4 Å². The van der Waals surface area contributed by atoms with Gasteiger partial charge in [0.2, 0.25) is 0 Å².